The second kappa shape index (κ2) is 10.3. The minimum absolute atomic E-state index is 0.304. The fraction of sp³-hybridized carbons (Fsp3) is 0.524. The van der Waals surface area contributed by atoms with E-state index in [9.17, 15) is 14.7 Å². The molecule has 2 fully saturated rings. The maximum atomic E-state index is 12.2. The Bertz CT molecular complexity index is 771. The molecule has 3 atom stereocenters. The standard InChI is InChI=1S/C21H27N3O5/c22-11-3-13-28-12-2-1-4-15-5-7-16(8-6-15)18-14-24(21(27)29-18)17-9-10-19(25)23-20(17)26/h5-8,17-19,25H,2-3,9-14,22H2,(H,23,26)/t17?,18-,19?/m1/s1. The van der Waals surface area contributed by atoms with Crippen molar-refractivity contribution in [3.8, 4) is 11.8 Å². The maximum Gasteiger partial charge on any atom is 0.411 e. The van der Waals surface area contributed by atoms with E-state index in [-0.39, 0.29) is 5.91 Å². The van der Waals surface area contributed by atoms with Crippen molar-refractivity contribution in [2.24, 2.45) is 5.73 Å². The number of piperidine rings is 1. The molecule has 2 unspecified atom stereocenters. The van der Waals surface area contributed by atoms with Gasteiger partial charge in [0.2, 0.25) is 5.91 Å². The van der Waals surface area contributed by atoms with E-state index < -0.39 is 24.5 Å². The van der Waals surface area contributed by atoms with Crippen molar-refractivity contribution in [1.82, 2.24) is 10.2 Å². The third-order valence-electron chi connectivity index (χ3n) is 4.92. The van der Waals surface area contributed by atoms with Gasteiger partial charge in [0.1, 0.15) is 18.4 Å². The van der Waals surface area contributed by atoms with Crippen LogP contribution in [0.5, 0.6) is 0 Å². The molecule has 2 amide bonds. The van der Waals surface area contributed by atoms with Gasteiger partial charge in [-0.2, -0.15) is 0 Å². The Labute approximate surface area is 170 Å². The van der Waals surface area contributed by atoms with Crippen LogP contribution >= 0.6 is 0 Å². The van der Waals surface area contributed by atoms with Gasteiger partial charge >= 0.3 is 6.09 Å². The van der Waals surface area contributed by atoms with E-state index in [1.54, 1.807) is 0 Å². The van der Waals surface area contributed by atoms with Gasteiger partial charge in [-0.05, 0) is 43.5 Å². The Morgan fingerprint density at radius 1 is 1.24 bits per heavy atom. The van der Waals surface area contributed by atoms with Gasteiger partial charge in [0.25, 0.3) is 0 Å². The van der Waals surface area contributed by atoms with Crippen LogP contribution in [0.15, 0.2) is 24.3 Å². The molecule has 1 aromatic rings. The molecule has 0 spiro atoms. The van der Waals surface area contributed by atoms with Crippen molar-refractivity contribution in [1.29, 1.82) is 0 Å². The highest BCUT2D eigenvalue weighted by Crippen LogP contribution is 2.29. The smallest absolute Gasteiger partial charge is 0.411 e. The summed E-state index contributed by atoms with van der Waals surface area (Å²) in [6.45, 7) is 2.18. The van der Waals surface area contributed by atoms with E-state index in [0.29, 0.717) is 45.6 Å². The van der Waals surface area contributed by atoms with Crippen LogP contribution in [0.2, 0.25) is 0 Å². The number of carbonyl (C=O) groups is 2. The minimum Gasteiger partial charge on any atom is -0.439 e. The fourth-order valence-electron chi connectivity index (χ4n) is 3.34. The number of amides is 2. The van der Waals surface area contributed by atoms with Crippen LogP contribution in [0.3, 0.4) is 0 Å². The number of aliphatic hydroxyl groups excluding tert-OH is 1. The van der Waals surface area contributed by atoms with Gasteiger partial charge in [0, 0.05) is 18.6 Å². The molecule has 1 aromatic carbocycles. The molecule has 3 rings (SSSR count). The van der Waals surface area contributed by atoms with Gasteiger partial charge < -0.3 is 25.6 Å². The van der Waals surface area contributed by atoms with Crippen LogP contribution in [0.4, 0.5) is 4.79 Å². The van der Waals surface area contributed by atoms with Gasteiger partial charge in [0.15, 0.2) is 0 Å². The predicted octanol–water partition coefficient (Wildman–Crippen LogP) is 0.884. The summed E-state index contributed by atoms with van der Waals surface area (Å²) in [4.78, 5) is 25.7. The molecule has 29 heavy (non-hydrogen) atoms. The molecule has 2 aliphatic heterocycles. The fourth-order valence-corrected chi connectivity index (χ4v) is 3.34. The second-order valence-electron chi connectivity index (χ2n) is 7.07. The number of cyclic esters (lactones) is 1. The van der Waals surface area contributed by atoms with Crippen molar-refractivity contribution >= 4 is 12.0 Å². The predicted molar refractivity (Wildman–Crippen MR) is 106 cm³/mol. The van der Waals surface area contributed by atoms with Crippen LogP contribution in [0.25, 0.3) is 0 Å². The number of aliphatic hydroxyl groups is 1. The number of hydrogen-bond acceptors (Lipinski definition) is 6. The summed E-state index contributed by atoms with van der Waals surface area (Å²) >= 11 is 0. The van der Waals surface area contributed by atoms with E-state index >= 15 is 0 Å². The molecule has 2 heterocycles. The first-order chi connectivity index (χ1) is 14.1. The van der Waals surface area contributed by atoms with E-state index in [2.05, 4.69) is 17.2 Å². The number of carbonyl (C=O) groups excluding carboxylic acids is 2. The van der Waals surface area contributed by atoms with Crippen molar-refractivity contribution < 1.29 is 24.2 Å². The van der Waals surface area contributed by atoms with Crippen LogP contribution in [-0.2, 0) is 14.3 Å². The summed E-state index contributed by atoms with van der Waals surface area (Å²) in [5.41, 5.74) is 7.13. The largest absolute Gasteiger partial charge is 0.439 e. The summed E-state index contributed by atoms with van der Waals surface area (Å²) in [7, 11) is 0. The van der Waals surface area contributed by atoms with Crippen molar-refractivity contribution in [3.63, 3.8) is 0 Å². The topological polar surface area (TPSA) is 114 Å². The highest BCUT2D eigenvalue weighted by atomic mass is 16.6. The van der Waals surface area contributed by atoms with E-state index in [4.69, 9.17) is 15.2 Å². The molecule has 0 aliphatic carbocycles. The normalized spacial score (nSPS) is 23.9. The maximum absolute atomic E-state index is 12.2. The van der Waals surface area contributed by atoms with E-state index in [1.165, 1.54) is 4.90 Å². The molecule has 156 valence electrons. The van der Waals surface area contributed by atoms with Crippen LogP contribution < -0.4 is 11.1 Å². The van der Waals surface area contributed by atoms with Crippen molar-refractivity contribution in [2.45, 2.75) is 44.1 Å². The molecule has 0 bridgehead atoms. The Morgan fingerprint density at radius 2 is 2.03 bits per heavy atom. The summed E-state index contributed by atoms with van der Waals surface area (Å²) < 4.78 is 10.9. The van der Waals surface area contributed by atoms with Crippen LogP contribution in [0.1, 0.15) is 42.9 Å². The van der Waals surface area contributed by atoms with Gasteiger partial charge in [-0.25, -0.2) is 4.79 Å². The molecular weight excluding hydrogens is 374 g/mol. The molecule has 0 radical (unpaired) electrons. The molecule has 8 heteroatoms. The number of rotatable bonds is 7. The Hall–Kier alpha value is -2.60. The zero-order valence-electron chi connectivity index (χ0n) is 16.3. The third kappa shape index (κ3) is 5.70. The lowest BCUT2D eigenvalue weighted by Gasteiger charge is -2.30. The van der Waals surface area contributed by atoms with E-state index in [1.807, 2.05) is 24.3 Å². The second-order valence-corrected chi connectivity index (χ2v) is 7.07. The van der Waals surface area contributed by atoms with Gasteiger partial charge in [-0.3, -0.25) is 9.69 Å². The molecule has 0 aromatic heterocycles. The number of hydrogen-bond donors (Lipinski definition) is 3. The quantitative estimate of drug-likeness (QED) is 0.462. The monoisotopic (exact) mass is 401 g/mol. The number of nitrogens with two attached hydrogens (primary N) is 1. The first-order valence-corrected chi connectivity index (χ1v) is 9.91. The molecular formula is C21H27N3O5. The Balaban J connectivity index is 1.52. The molecule has 0 saturated carbocycles. The first-order valence-electron chi connectivity index (χ1n) is 9.91. The number of benzene rings is 1. The van der Waals surface area contributed by atoms with Crippen molar-refractivity contribution in [3.05, 3.63) is 35.4 Å². The summed E-state index contributed by atoms with van der Waals surface area (Å²) in [6.07, 6.45) is 0.546. The third-order valence-corrected chi connectivity index (χ3v) is 4.92. The summed E-state index contributed by atoms with van der Waals surface area (Å²) in [5.74, 6) is 5.80. The number of nitrogens with zero attached hydrogens (tertiary/aromatic N) is 1. The lowest BCUT2D eigenvalue weighted by Crippen LogP contribution is -2.54. The zero-order chi connectivity index (χ0) is 20.6. The minimum atomic E-state index is -0.848. The molecule has 8 nitrogen and oxygen atoms in total. The number of nitrogens with one attached hydrogen (secondary N) is 1. The van der Waals surface area contributed by atoms with Crippen LogP contribution in [-0.4, -0.2) is 60.6 Å². The Kier molecular flexibility index (Phi) is 7.47. The van der Waals surface area contributed by atoms with Crippen molar-refractivity contribution in [2.75, 3.05) is 26.3 Å². The van der Waals surface area contributed by atoms with Gasteiger partial charge in [0.05, 0.1) is 13.2 Å². The summed E-state index contributed by atoms with van der Waals surface area (Å²) in [5, 5.41) is 12.0. The summed E-state index contributed by atoms with van der Waals surface area (Å²) in [6, 6.07) is 6.94. The average molecular weight is 401 g/mol. The lowest BCUT2D eigenvalue weighted by atomic mass is 10.0. The van der Waals surface area contributed by atoms with Gasteiger partial charge in [-0.1, -0.05) is 24.0 Å². The Morgan fingerprint density at radius 3 is 2.76 bits per heavy atom. The van der Waals surface area contributed by atoms with E-state index in [0.717, 1.165) is 17.5 Å². The molecule has 2 aliphatic rings. The highest BCUT2D eigenvalue weighted by molar-refractivity contribution is 5.87. The van der Waals surface area contributed by atoms with Gasteiger partial charge in [-0.15, -0.1) is 0 Å². The molecule has 2 saturated heterocycles. The van der Waals surface area contributed by atoms with Crippen LogP contribution in [0, 0.1) is 11.8 Å². The highest BCUT2D eigenvalue weighted by Gasteiger charge is 2.41. The zero-order valence-corrected chi connectivity index (χ0v) is 16.3. The first kappa shape index (κ1) is 21.1. The SMILES string of the molecule is NCCCOCCC#Cc1ccc([C@H]2CN(C3CCC(O)NC3=O)C(=O)O2)cc1. The lowest BCUT2D eigenvalue weighted by molar-refractivity contribution is -0.131. The number of ether oxygens (including phenoxy) is 2. The molecule has 4 N–H and O–H groups in total. The average Bonchev–Trinajstić information content (AvgIpc) is 3.09.